The molecule has 0 aromatic carbocycles. The molecule has 3 heterocycles. The van der Waals surface area contributed by atoms with Gasteiger partial charge in [0.15, 0.2) is 11.6 Å². The second kappa shape index (κ2) is 22.1. The number of halogens is 1. The van der Waals surface area contributed by atoms with Gasteiger partial charge in [0.25, 0.3) is 0 Å². The van der Waals surface area contributed by atoms with Gasteiger partial charge < -0.3 is 20.5 Å². The number of piperazine rings is 1. The quantitative estimate of drug-likeness (QED) is 0.208. The summed E-state index contributed by atoms with van der Waals surface area (Å²) in [6.45, 7) is 21.0. The van der Waals surface area contributed by atoms with Crippen LogP contribution in [0.4, 0.5) is 10.2 Å². The van der Waals surface area contributed by atoms with Crippen LogP contribution in [0.5, 0.6) is 0 Å². The van der Waals surface area contributed by atoms with Crippen molar-refractivity contribution < 1.29 is 14.0 Å². The van der Waals surface area contributed by atoms with E-state index in [-0.39, 0.29) is 23.7 Å². The average Bonchev–Trinajstić information content (AvgIpc) is 3.46. The van der Waals surface area contributed by atoms with Crippen molar-refractivity contribution >= 4 is 28.5 Å². The Hall–Kier alpha value is -3.92. The number of carbonyl (C=O) groups is 2. The van der Waals surface area contributed by atoms with Crippen LogP contribution in [0.25, 0.3) is 10.9 Å². The highest BCUT2D eigenvalue weighted by atomic mass is 19.1. The Morgan fingerprint density at radius 3 is 2.23 bits per heavy atom. The second-order valence-electron chi connectivity index (χ2n) is 7.48. The number of hydrogen-bond acceptors (Lipinski definition) is 6. The minimum atomic E-state index is -0.389. The Bertz CT molecular complexity index is 1060. The topological polar surface area (TPSA) is 125 Å². The number of fused-ring (bicyclic) bond motifs is 1. The van der Waals surface area contributed by atoms with Gasteiger partial charge in [-0.1, -0.05) is 52.5 Å². The van der Waals surface area contributed by atoms with Crippen molar-refractivity contribution in [3.05, 3.63) is 73.6 Å². The van der Waals surface area contributed by atoms with Crippen LogP contribution in [0.2, 0.25) is 0 Å². The van der Waals surface area contributed by atoms with Crippen molar-refractivity contribution in [3.8, 4) is 0 Å². The molecule has 1 fully saturated rings. The number of aromatic amines is 1. The molecule has 2 aromatic heterocycles. The fourth-order valence-electron chi connectivity index (χ4n) is 3.22. The number of nitrogens with zero attached hydrogens (tertiary/aromatic N) is 4. The zero-order chi connectivity index (χ0) is 30.4. The lowest BCUT2D eigenvalue weighted by Gasteiger charge is -2.39. The van der Waals surface area contributed by atoms with Crippen molar-refractivity contribution in [2.24, 2.45) is 11.6 Å². The van der Waals surface area contributed by atoms with Crippen LogP contribution in [0.3, 0.4) is 0 Å². The zero-order valence-electron chi connectivity index (χ0n) is 24.8. The van der Waals surface area contributed by atoms with Crippen molar-refractivity contribution in [2.45, 2.75) is 61.4 Å². The molecular weight excluding hydrogens is 497 g/mol. The Morgan fingerprint density at radius 2 is 1.74 bits per heavy atom. The molecule has 5 N–H and O–H groups in total. The molecule has 0 unspecified atom stereocenters. The number of amides is 2. The summed E-state index contributed by atoms with van der Waals surface area (Å²) in [4.78, 5) is 33.3. The van der Waals surface area contributed by atoms with Gasteiger partial charge in [-0.2, -0.15) is 0 Å². The molecule has 39 heavy (non-hydrogen) atoms. The maximum Gasteiger partial charge on any atom is 0.246 e. The lowest BCUT2D eigenvalue weighted by atomic mass is 10.2. The molecule has 0 spiro atoms. The van der Waals surface area contributed by atoms with Crippen LogP contribution in [0.1, 0.15) is 55.4 Å². The van der Waals surface area contributed by atoms with Crippen molar-refractivity contribution in [1.29, 1.82) is 0 Å². The number of aromatic nitrogens is 2. The predicted octanol–water partition coefficient (Wildman–Crippen LogP) is 5.25. The number of nitrogens with one attached hydrogen (secondary N) is 1. The van der Waals surface area contributed by atoms with Gasteiger partial charge in [0.05, 0.1) is 11.7 Å². The van der Waals surface area contributed by atoms with Gasteiger partial charge in [-0.3, -0.25) is 14.6 Å². The highest BCUT2D eigenvalue weighted by Crippen LogP contribution is 2.23. The first-order chi connectivity index (χ1) is 18.7. The van der Waals surface area contributed by atoms with E-state index < -0.39 is 0 Å². The molecular formula is C29H48FN7O2. The van der Waals surface area contributed by atoms with Crippen LogP contribution >= 0.6 is 0 Å². The number of rotatable bonds is 4. The molecule has 10 heteroatoms. The van der Waals surface area contributed by atoms with Crippen LogP contribution in [0, 0.1) is 5.82 Å². The van der Waals surface area contributed by atoms with Gasteiger partial charge in [-0.05, 0) is 45.9 Å². The van der Waals surface area contributed by atoms with E-state index in [1.54, 1.807) is 34.2 Å². The molecule has 3 rings (SSSR count). The normalized spacial score (nSPS) is 14.4. The van der Waals surface area contributed by atoms with Gasteiger partial charge in [-0.15, -0.1) is 0 Å². The standard InChI is InChI=1S/C12H18N2O2.C9H10FN5.C4H8.2C2H6/c1-4-6-12(16)14-8-7-13(9-10(14)3)11(15)5-2;10-7-5-14-9(15(12)4-2-11)8-6(7)1-3-13-8;1-3-4-2;2*1-2/h4-6,10H,2,7-9H2,1,3H3;1-5,13H,11-12H2;3-4H,1-2H3;2*1-2H3/b6-4+;4-2-;4-3-;;/t10-;;;;/m1..../s1. The highest BCUT2D eigenvalue weighted by Gasteiger charge is 2.27. The maximum atomic E-state index is 13.3. The second-order valence-corrected chi connectivity index (χ2v) is 7.48. The van der Waals surface area contributed by atoms with Gasteiger partial charge in [-0.25, -0.2) is 15.2 Å². The molecule has 0 bridgehead atoms. The van der Waals surface area contributed by atoms with E-state index >= 15 is 0 Å². The number of carbonyl (C=O) groups excluding carboxylic acids is 2. The minimum absolute atomic E-state index is 0.0145. The first-order valence-corrected chi connectivity index (χ1v) is 13.2. The molecule has 0 aliphatic carbocycles. The van der Waals surface area contributed by atoms with Crippen LogP contribution < -0.4 is 16.6 Å². The van der Waals surface area contributed by atoms with Crippen LogP contribution in [-0.4, -0.2) is 57.3 Å². The van der Waals surface area contributed by atoms with Crippen LogP contribution in [0.15, 0.2) is 67.8 Å². The fraction of sp³-hybridized carbons (Fsp3) is 0.414. The largest absolute Gasteiger partial charge is 0.403 e. The minimum Gasteiger partial charge on any atom is -0.403 e. The van der Waals surface area contributed by atoms with Gasteiger partial charge in [0.2, 0.25) is 11.8 Å². The summed E-state index contributed by atoms with van der Waals surface area (Å²) in [5.41, 5.74) is 5.74. The number of pyridine rings is 1. The van der Waals surface area contributed by atoms with Gasteiger partial charge >= 0.3 is 0 Å². The van der Waals surface area contributed by atoms with Crippen molar-refractivity contribution in [1.82, 2.24) is 19.8 Å². The Morgan fingerprint density at radius 1 is 1.13 bits per heavy atom. The Balaban J connectivity index is 0. The van der Waals surface area contributed by atoms with E-state index in [4.69, 9.17) is 11.6 Å². The predicted molar refractivity (Wildman–Crippen MR) is 162 cm³/mol. The van der Waals surface area contributed by atoms with E-state index in [0.29, 0.717) is 36.4 Å². The first kappa shape index (κ1) is 37.2. The van der Waals surface area contributed by atoms with Gasteiger partial charge in [0, 0.05) is 49.7 Å². The lowest BCUT2D eigenvalue weighted by molar-refractivity contribution is -0.136. The monoisotopic (exact) mass is 545 g/mol. The summed E-state index contributed by atoms with van der Waals surface area (Å²) in [7, 11) is 0. The van der Waals surface area contributed by atoms with E-state index in [1.807, 2.05) is 67.5 Å². The zero-order valence-corrected chi connectivity index (χ0v) is 24.8. The summed E-state index contributed by atoms with van der Waals surface area (Å²) in [6.07, 6.45) is 14.1. The van der Waals surface area contributed by atoms with Gasteiger partial charge in [0.1, 0.15) is 0 Å². The third kappa shape index (κ3) is 12.4. The summed E-state index contributed by atoms with van der Waals surface area (Å²) >= 11 is 0. The van der Waals surface area contributed by atoms with Crippen molar-refractivity contribution in [3.63, 3.8) is 0 Å². The molecule has 1 saturated heterocycles. The molecule has 2 aromatic rings. The third-order valence-electron chi connectivity index (χ3n) is 5.06. The molecule has 1 atom stereocenters. The highest BCUT2D eigenvalue weighted by molar-refractivity contribution is 5.90. The number of hydrazine groups is 1. The molecule has 0 saturated carbocycles. The maximum absolute atomic E-state index is 13.3. The Kier molecular flexibility index (Phi) is 21.1. The Labute approximate surface area is 233 Å². The summed E-state index contributed by atoms with van der Waals surface area (Å²) in [5.74, 6) is 5.62. The molecule has 1 aliphatic heterocycles. The number of nitrogens with two attached hydrogens (primary N) is 2. The van der Waals surface area contributed by atoms with Crippen molar-refractivity contribution in [2.75, 3.05) is 24.6 Å². The van der Waals surface area contributed by atoms with E-state index in [2.05, 4.69) is 16.5 Å². The molecule has 218 valence electrons. The molecule has 2 amide bonds. The third-order valence-corrected chi connectivity index (χ3v) is 5.06. The summed E-state index contributed by atoms with van der Waals surface area (Å²) < 4.78 is 13.3. The summed E-state index contributed by atoms with van der Waals surface area (Å²) in [5, 5.41) is 1.67. The number of hydrogen-bond donors (Lipinski definition) is 3. The molecule has 1 aliphatic rings. The SMILES string of the molecule is C/C=C\C.C=CC(=O)N1CCN(C(=O)/C=C/C)[C@H](C)C1.CC.CC.N/C=C\N(N)c1ncc(F)c2cc[nH]c12. The first-order valence-electron chi connectivity index (χ1n) is 13.2. The van der Waals surface area contributed by atoms with E-state index in [0.717, 1.165) is 6.20 Å². The van der Waals surface area contributed by atoms with Crippen LogP contribution in [-0.2, 0) is 9.59 Å². The smallest absolute Gasteiger partial charge is 0.246 e. The lowest BCUT2D eigenvalue weighted by Crippen LogP contribution is -2.54. The van der Waals surface area contributed by atoms with E-state index in [1.165, 1.54) is 23.5 Å². The summed E-state index contributed by atoms with van der Waals surface area (Å²) in [6, 6.07) is 1.68. The average molecular weight is 546 g/mol. The fourth-order valence-corrected chi connectivity index (χ4v) is 3.22. The number of H-pyrrole nitrogens is 1. The molecule has 9 nitrogen and oxygen atoms in total. The number of anilines is 1. The molecule has 0 radical (unpaired) electrons. The number of allylic oxidation sites excluding steroid dienone is 3. The van der Waals surface area contributed by atoms with E-state index in [9.17, 15) is 14.0 Å².